The van der Waals surface area contributed by atoms with E-state index in [9.17, 15) is 0 Å². The van der Waals surface area contributed by atoms with Crippen molar-refractivity contribution in [3.63, 3.8) is 0 Å². The Balaban J connectivity index is 2.34. The van der Waals surface area contributed by atoms with Gasteiger partial charge in [0.25, 0.3) is 5.89 Å². The molecule has 1 heterocycles. The number of halogens is 2. The lowest BCUT2D eigenvalue weighted by Gasteiger charge is -1.92. The molecular formula is C9H6Cl2N2O. The van der Waals surface area contributed by atoms with Crippen molar-refractivity contribution in [2.45, 2.75) is 5.88 Å². The molecule has 0 aliphatic carbocycles. The van der Waals surface area contributed by atoms with E-state index in [0.717, 1.165) is 5.56 Å². The van der Waals surface area contributed by atoms with Crippen molar-refractivity contribution in [2.24, 2.45) is 0 Å². The molecule has 0 aliphatic heterocycles. The van der Waals surface area contributed by atoms with Crippen LogP contribution in [0.1, 0.15) is 5.82 Å². The molecule has 0 bridgehead atoms. The quantitative estimate of drug-likeness (QED) is 0.742. The smallest absolute Gasteiger partial charge is 0.257 e. The Morgan fingerprint density at radius 2 is 1.93 bits per heavy atom. The van der Waals surface area contributed by atoms with Gasteiger partial charge in [0.2, 0.25) is 0 Å². The van der Waals surface area contributed by atoms with Gasteiger partial charge in [-0.3, -0.25) is 0 Å². The molecule has 0 aliphatic rings. The van der Waals surface area contributed by atoms with Crippen molar-refractivity contribution in [3.8, 4) is 11.5 Å². The Morgan fingerprint density at radius 3 is 2.50 bits per heavy atom. The van der Waals surface area contributed by atoms with Gasteiger partial charge >= 0.3 is 0 Å². The predicted octanol–water partition coefficient (Wildman–Crippen LogP) is 3.13. The van der Waals surface area contributed by atoms with Gasteiger partial charge in [-0.15, -0.1) is 11.6 Å². The second kappa shape index (κ2) is 3.98. The lowest BCUT2D eigenvalue weighted by molar-refractivity contribution is 0.425. The fourth-order valence-corrected chi connectivity index (χ4v) is 1.25. The lowest BCUT2D eigenvalue weighted by atomic mass is 10.2. The minimum absolute atomic E-state index is 0.247. The average molecular weight is 229 g/mol. The third-order valence-electron chi connectivity index (χ3n) is 1.68. The maximum absolute atomic E-state index is 5.74. The molecule has 0 fully saturated rings. The number of benzene rings is 1. The van der Waals surface area contributed by atoms with Crippen molar-refractivity contribution < 1.29 is 4.52 Å². The van der Waals surface area contributed by atoms with E-state index in [4.69, 9.17) is 27.7 Å². The third kappa shape index (κ3) is 1.89. The minimum Gasteiger partial charge on any atom is -0.334 e. The Morgan fingerprint density at radius 1 is 1.21 bits per heavy atom. The summed E-state index contributed by atoms with van der Waals surface area (Å²) in [4.78, 5) is 4.08. The first-order valence-corrected chi connectivity index (χ1v) is 4.85. The molecule has 0 atom stereocenters. The van der Waals surface area contributed by atoms with Crippen LogP contribution < -0.4 is 0 Å². The van der Waals surface area contributed by atoms with Gasteiger partial charge in [0.15, 0.2) is 5.82 Å². The highest BCUT2D eigenvalue weighted by molar-refractivity contribution is 6.30. The van der Waals surface area contributed by atoms with Gasteiger partial charge in [0.05, 0.1) is 5.88 Å². The normalized spacial score (nSPS) is 10.4. The molecule has 2 aromatic rings. The summed E-state index contributed by atoms with van der Waals surface area (Å²) in [7, 11) is 0. The average Bonchev–Trinajstić information content (AvgIpc) is 2.67. The molecule has 14 heavy (non-hydrogen) atoms. The molecule has 0 spiro atoms. The second-order valence-corrected chi connectivity index (χ2v) is 3.36. The fraction of sp³-hybridized carbons (Fsp3) is 0.111. The minimum atomic E-state index is 0.247. The van der Waals surface area contributed by atoms with Crippen LogP contribution in [0.3, 0.4) is 0 Å². The van der Waals surface area contributed by atoms with Crippen molar-refractivity contribution in [1.82, 2.24) is 10.1 Å². The molecule has 0 N–H and O–H groups in total. The molecule has 2 rings (SSSR count). The predicted molar refractivity (Wildman–Crippen MR) is 54.3 cm³/mol. The van der Waals surface area contributed by atoms with Crippen molar-refractivity contribution in [1.29, 1.82) is 0 Å². The first-order valence-electron chi connectivity index (χ1n) is 3.94. The molecule has 0 saturated heterocycles. The summed E-state index contributed by atoms with van der Waals surface area (Å²) >= 11 is 11.3. The number of hydrogen-bond acceptors (Lipinski definition) is 3. The standard InChI is InChI=1S/C9H6Cl2N2O/c10-5-8-12-9(14-13-8)6-1-3-7(11)4-2-6/h1-4H,5H2. The number of aromatic nitrogens is 2. The topological polar surface area (TPSA) is 38.9 Å². The van der Waals surface area contributed by atoms with E-state index in [2.05, 4.69) is 10.1 Å². The maximum atomic E-state index is 5.74. The van der Waals surface area contributed by atoms with Gasteiger partial charge in [0.1, 0.15) is 0 Å². The van der Waals surface area contributed by atoms with Gasteiger partial charge in [-0.1, -0.05) is 16.8 Å². The highest BCUT2D eigenvalue weighted by Gasteiger charge is 2.06. The van der Waals surface area contributed by atoms with Crippen LogP contribution in [-0.2, 0) is 5.88 Å². The molecular weight excluding hydrogens is 223 g/mol. The van der Waals surface area contributed by atoms with Crippen LogP contribution in [-0.4, -0.2) is 10.1 Å². The molecule has 0 radical (unpaired) electrons. The Hall–Kier alpha value is -1.06. The van der Waals surface area contributed by atoms with E-state index in [1.165, 1.54) is 0 Å². The van der Waals surface area contributed by atoms with E-state index in [0.29, 0.717) is 16.7 Å². The number of alkyl halides is 1. The zero-order valence-corrected chi connectivity index (χ0v) is 8.59. The molecule has 0 amide bonds. The van der Waals surface area contributed by atoms with E-state index < -0.39 is 0 Å². The van der Waals surface area contributed by atoms with Crippen molar-refractivity contribution in [2.75, 3.05) is 0 Å². The van der Waals surface area contributed by atoms with Gasteiger partial charge in [0, 0.05) is 10.6 Å². The largest absolute Gasteiger partial charge is 0.334 e. The summed E-state index contributed by atoms with van der Waals surface area (Å²) < 4.78 is 4.99. The molecule has 5 heteroatoms. The molecule has 1 aromatic carbocycles. The van der Waals surface area contributed by atoms with Gasteiger partial charge in [-0.25, -0.2) is 0 Å². The summed E-state index contributed by atoms with van der Waals surface area (Å²) in [6.45, 7) is 0. The fourth-order valence-electron chi connectivity index (χ4n) is 1.02. The van der Waals surface area contributed by atoms with Crippen LogP contribution in [0.15, 0.2) is 28.8 Å². The van der Waals surface area contributed by atoms with Gasteiger partial charge in [-0.2, -0.15) is 4.98 Å². The third-order valence-corrected chi connectivity index (χ3v) is 2.17. The summed E-state index contributed by atoms with van der Waals surface area (Å²) in [6, 6.07) is 7.16. The van der Waals surface area contributed by atoms with Crippen molar-refractivity contribution >= 4 is 23.2 Å². The Labute approximate surface area is 90.6 Å². The van der Waals surface area contributed by atoms with Crippen LogP contribution >= 0.6 is 23.2 Å². The van der Waals surface area contributed by atoms with E-state index in [1.54, 1.807) is 12.1 Å². The molecule has 72 valence electrons. The van der Waals surface area contributed by atoms with Crippen LogP contribution in [0.25, 0.3) is 11.5 Å². The molecule has 0 saturated carbocycles. The Bertz CT molecular complexity index is 425. The summed E-state index contributed by atoms with van der Waals surface area (Å²) in [5, 5.41) is 4.35. The van der Waals surface area contributed by atoms with Gasteiger partial charge in [-0.05, 0) is 24.3 Å². The van der Waals surface area contributed by atoms with Crippen molar-refractivity contribution in [3.05, 3.63) is 35.1 Å². The SMILES string of the molecule is ClCc1noc(-c2ccc(Cl)cc2)n1. The highest BCUT2D eigenvalue weighted by atomic mass is 35.5. The number of hydrogen-bond donors (Lipinski definition) is 0. The zero-order chi connectivity index (χ0) is 9.97. The van der Waals surface area contributed by atoms with Crippen LogP contribution in [0.5, 0.6) is 0 Å². The zero-order valence-electron chi connectivity index (χ0n) is 7.08. The highest BCUT2D eigenvalue weighted by Crippen LogP contribution is 2.19. The first kappa shape index (κ1) is 9.49. The van der Waals surface area contributed by atoms with Crippen LogP contribution in [0, 0.1) is 0 Å². The molecule has 1 aromatic heterocycles. The molecule has 3 nitrogen and oxygen atoms in total. The summed E-state index contributed by atoms with van der Waals surface area (Å²) in [5.74, 6) is 1.19. The van der Waals surface area contributed by atoms with Gasteiger partial charge < -0.3 is 4.52 Å². The number of rotatable bonds is 2. The second-order valence-electron chi connectivity index (χ2n) is 2.66. The maximum Gasteiger partial charge on any atom is 0.257 e. The number of nitrogens with zero attached hydrogens (tertiary/aromatic N) is 2. The molecule has 0 unspecified atom stereocenters. The summed E-state index contributed by atoms with van der Waals surface area (Å²) in [6.07, 6.45) is 0. The van der Waals surface area contributed by atoms with Crippen LogP contribution in [0.2, 0.25) is 5.02 Å². The van der Waals surface area contributed by atoms with Crippen LogP contribution in [0.4, 0.5) is 0 Å². The Kier molecular flexibility index (Phi) is 2.70. The van der Waals surface area contributed by atoms with E-state index in [1.807, 2.05) is 12.1 Å². The lowest BCUT2D eigenvalue weighted by Crippen LogP contribution is -1.80. The van der Waals surface area contributed by atoms with E-state index in [-0.39, 0.29) is 5.88 Å². The summed E-state index contributed by atoms with van der Waals surface area (Å²) in [5.41, 5.74) is 0.832. The first-order chi connectivity index (χ1) is 6.79. The van der Waals surface area contributed by atoms with E-state index >= 15 is 0 Å². The monoisotopic (exact) mass is 228 g/mol.